The predicted molar refractivity (Wildman–Crippen MR) is 88.0 cm³/mol. The van der Waals surface area contributed by atoms with Gasteiger partial charge in [-0.25, -0.2) is 0 Å². The Morgan fingerprint density at radius 1 is 0.952 bits per heavy atom. The SMILES string of the molecule is CCOc1ccc(C(CC)CC(CN)CN)cc1OCC. The topological polar surface area (TPSA) is 70.5 Å². The molecule has 0 aliphatic carbocycles. The molecule has 0 bridgehead atoms. The first-order valence-electron chi connectivity index (χ1n) is 7.99. The fourth-order valence-corrected chi connectivity index (χ4v) is 2.55. The van der Waals surface area contributed by atoms with Gasteiger partial charge in [0.1, 0.15) is 0 Å². The van der Waals surface area contributed by atoms with Crippen molar-refractivity contribution in [3.63, 3.8) is 0 Å². The number of benzene rings is 1. The molecule has 21 heavy (non-hydrogen) atoms. The van der Waals surface area contributed by atoms with E-state index in [1.54, 1.807) is 0 Å². The molecule has 0 saturated carbocycles. The van der Waals surface area contributed by atoms with Crippen LogP contribution in [0.25, 0.3) is 0 Å². The van der Waals surface area contributed by atoms with Crippen LogP contribution in [-0.2, 0) is 0 Å². The van der Waals surface area contributed by atoms with Gasteiger partial charge in [0.15, 0.2) is 11.5 Å². The van der Waals surface area contributed by atoms with E-state index in [-0.39, 0.29) is 0 Å². The van der Waals surface area contributed by atoms with Crippen LogP contribution in [0.15, 0.2) is 18.2 Å². The third kappa shape index (κ3) is 5.21. The van der Waals surface area contributed by atoms with Gasteiger partial charge in [-0.1, -0.05) is 13.0 Å². The minimum absolute atomic E-state index is 0.372. The van der Waals surface area contributed by atoms with Crippen LogP contribution in [0.2, 0.25) is 0 Å². The lowest BCUT2D eigenvalue weighted by atomic mass is 9.87. The highest BCUT2D eigenvalue weighted by Crippen LogP contribution is 2.34. The number of hydrogen-bond donors (Lipinski definition) is 2. The summed E-state index contributed by atoms with van der Waals surface area (Å²) >= 11 is 0. The first-order chi connectivity index (χ1) is 10.2. The Morgan fingerprint density at radius 2 is 1.57 bits per heavy atom. The Labute approximate surface area is 128 Å². The molecule has 4 N–H and O–H groups in total. The molecule has 0 aromatic heterocycles. The Bertz CT molecular complexity index is 406. The molecule has 0 aliphatic rings. The maximum absolute atomic E-state index is 5.78. The van der Waals surface area contributed by atoms with Gasteiger partial charge in [-0.3, -0.25) is 0 Å². The van der Waals surface area contributed by atoms with E-state index in [1.807, 2.05) is 19.9 Å². The molecule has 0 heterocycles. The zero-order chi connectivity index (χ0) is 15.7. The third-order valence-corrected chi connectivity index (χ3v) is 3.82. The molecule has 4 heteroatoms. The summed E-state index contributed by atoms with van der Waals surface area (Å²) in [5.74, 6) is 2.47. The monoisotopic (exact) mass is 294 g/mol. The standard InChI is InChI=1S/C17H30N2O2/c1-4-14(9-13(11-18)12-19)15-7-8-16(20-5-2)17(10-15)21-6-3/h7-8,10,13-14H,4-6,9,11-12,18-19H2,1-3H3. The molecule has 0 radical (unpaired) electrons. The number of rotatable bonds is 10. The highest BCUT2D eigenvalue weighted by atomic mass is 16.5. The van der Waals surface area contributed by atoms with Crippen molar-refractivity contribution in [3.05, 3.63) is 23.8 Å². The van der Waals surface area contributed by atoms with Gasteiger partial charge in [-0.05, 0) is 69.3 Å². The summed E-state index contributed by atoms with van der Waals surface area (Å²) in [7, 11) is 0. The van der Waals surface area contributed by atoms with Crippen LogP contribution in [0.4, 0.5) is 0 Å². The molecule has 1 aromatic carbocycles. The van der Waals surface area contributed by atoms with Crippen LogP contribution in [-0.4, -0.2) is 26.3 Å². The molecule has 1 rings (SSSR count). The van der Waals surface area contributed by atoms with Crippen molar-refractivity contribution in [2.45, 2.75) is 39.5 Å². The van der Waals surface area contributed by atoms with E-state index in [1.165, 1.54) is 5.56 Å². The van der Waals surface area contributed by atoms with Gasteiger partial charge in [-0.2, -0.15) is 0 Å². The first kappa shape index (κ1) is 17.8. The maximum Gasteiger partial charge on any atom is 0.161 e. The normalized spacial score (nSPS) is 12.5. The molecule has 0 fully saturated rings. The quantitative estimate of drug-likeness (QED) is 0.696. The van der Waals surface area contributed by atoms with E-state index in [0.29, 0.717) is 38.1 Å². The Kier molecular flexibility index (Phi) is 8.16. The largest absolute Gasteiger partial charge is 0.490 e. The number of ether oxygens (including phenoxy) is 2. The summed E-state index contributed by atoms with van der Waals surface area (Å²) in [6, 6.07) is 6.24. The van der Waals surface area contributed by atoms with E-state index < -0.39 is 0 Å². The molecule has 120 valence electrons. The van der Waals surface area contributed by atoms with Crippen molar-refractivity contribution < 1.29 is 9.47 Å². The second-order valence-electron chi connectivity index (χ2n) is 5.25. The van der Waals surface area contributed by atoms with Gasteiger partial charge >= 0.3 is 0 Å². The summed E-state index contributed by atoms with van der Waals surface area (Å²) in [5, 5.41) is 0. The van der Waals surface area contributed by atoms with Crippen LogP contribution in [0.5, 0.6) is 11.5 Å². The molecule has 0 saturated heterocycles. The second-order valence-corrected chi connectivity index (χ2v) is 5.25. The summed E-state index contributed by atoms with van der Waals surface area (Å²) in [6.45, 7) is 8.72. The molecule has 4 nitrogen and oxygen atoms in total. The van der Waals surface area contributed by atoms with Gasteiger partial charge in [0, 0.05) is 0 Å². The van der Waals surface area contributed by atoms with E-state index in [9.17, 15) is 0 Å². The minimum atomic E-state index is 0.372. The lowest BCUT2D eigenvalue weighted by Gasteiger charge is -2.22. The molecule has 1 aromatic rings. The van der Waals surface area contributed by atoms with Crippen LogP contribution in [0.3, 0.4) is 0 Å². The van der Waals surface area contributed by atoms with Crippen LogP contribution < -0.4 is 20.9 Å². The first-order valence-corrected chi connectivity index (χ1v) is 7.99. The van der Waals surface area contributed by atoms with Crippen molar-refractivity contribution in [1.82, 2.24) is 0 Å². The molecule has 1 unspecified atom stereocenters. The van der Waals surface area contributed by atoms with Crippen molar-refractivity contribution in [2.75, 3.05) is 26.3 Å². The highest BCUT2D eigenvalue weighted by Gasteiger charge is 2.17. The van der Waals surface area contributed by atoms with Gasteiger partial charge in [0.05, 0.1) is 13.2 Å². The molecule has 0 spiro atoms. The molecule has 1 atom stereocenters. The summed E-state index contributed by atoms with van der Waals surface area (Å²) in [5.41, 5.74) is 12.8. The third-order valence-electron chi connectivity index (χ3n) is 3.82. The van der Waals surface area contributed by atoms with Crippen molar-refractivity contribution in [3.8, 4) is 11.5 Å². The zero-order valence-corrected chi connectivity index (χ0v) is 13.6. The van der Waals surface area contributed by atoms with E-state index in [4.69, 9.17) is 20.9 Å². The lowest BCUT2D eigenvalue weighted by Crippen LogP contribution is -2.25. The summed E-state index contributed by atoms with van der Waals surface area (Å²) in [4.78, 5) is 0. The summed E-state index contributed by atoms with van der Waals surface area (Å²) < 4.78 is 11.3. The number of hydrogen-bond acceptors (Lipinski definition) is 4. The van der Waals surface area contributed by atoms with E-state index in [2.05, 4.69) is 19.1 Å². The smallest absolute Gasteiger partial charge is 0.161 e. The van der Waals surface area contributed by atoms with Crippen molar-refractivity contribution in [1.29, 1.82) is 0 Å². The summed E-state index contributed by atoms with van der Waals surface area (Å²) in [6.07, 6.45) is 2.08. The van der Waals surface area contributed by atoms with Crippen molar-refractivity contribution in [2.24, 2.45) is 17.4 Å². The van der Waals surface area contributed by atoms with Gasteiger partial charge < -0.3 is 20.9 Å². The Balaban J connectivity index is 2.95. The fraction of sp³-hybridized carbons (Fsp3) is 0.647. The highest BCUT2D eigenvalue weighted by molar-refractivity contribution is 5.44. The number of nitrogens with two attached hydrogens (primary N) is 2. The average Bonchev–Trinajstić information content (AvgIpc) is 2.51. The average molecular weight is 294 g/mol. The van der Waals surface area contributed by atoms with Crippen LogP contribution >= 0.6 is 0 Å². The van der Waals surface area contributed by atoms with Gasteiger partial charge in [0.25, 0.3) is 0 Å². The van der Waals surface area contributed by atoms with Crippen molar-refractivity contribution >= 4 is 0 Å². The zero-order valence-electron chi connectivity index (χ0n) is 13.6. The van der Waals surface area contributed by atoms with Gasteiger partial charge in [-0.15, -0.1) is 0 Å². The Hall–Kier alpha value is -1.26. The van der Waals surface area contributed by atoms with Crippen LogP contribution in [0, 0.1) is 5.92 Å². The molecule has 0 amide bonds. The minimum Gasteiger partial charge on any atom is -0.490 e. The molecular weight excluding hydrogens is 264 g/mol. The van der Waals surface area contributed by atoms with E-state index in [0.717, 1.165) is 24.3 Å². The lowest BCUT2D eigenvalue weighted by molar-refractivity contribution is 0.287. The van der Waals surface area contributed by atoms with Gasteiger partial charge in [0.2, 0.25) is 0 Å². The predicted octanol–water partition coefficient (Wildman–Crippen LogP) is 2.90. The fourth-order valence-electron chi connectivity index (χ4n) is 2.55. The Morgan fingerprint density at radius 3 is 2.10 bits per heavy atom. The second kappa shape index (κ2) is 9.64. The maximum atomic E-state index is 5.78. The van der Waals surface area contributed by atoms with Crippen LogP contribution in [0.1, 0.15) is 45.1 Å². The molecule has 0 aliphatic heterocycles. The molecular formula is C17H30N2O2. The van der Waals surface area contributed by atoms with E-state index >= 15 is 0 Å².